The number of anilines is 2. The van der Waals surface area contributed by atoms with Gasteiger partial charge < -0.3 is 10.6 Å². The Morgan fingerprint density at radius 3 is 2.38 bits per heavy atom. The molecule has 0 bridgehead atoms. The highest BCUT2D eigenvalue weighted by Gasteiger charge is 2.30. The quantitative estimate of drug-likeness (QED) is 0.812. The lowest BCUT2D eigenvalue weighted by molar-refractivity contribution is -0.119. The zero-order chi connectivity index (χ0) is 12.3. The summed E-state index contributed by atoms with van der Waals surface area (Å²) in [4.78, 5) is 1.29. The maximum absolute atomic E-state index is 12.3. The number of nitrogen functional groups attached to an aromatic ring is 1. The molecule has 16 heavy (non-hydrogen) atoms. The van der Waals surface area contributed by atoms with E-state index < -0.39 is 12.7 Å². The van der Waals surface area contributed by atoms with Crippen molar-refractivity contribution in [3.05, 3.63) is 23.8 Å². The van der Waals surface area contributed by atoms with Gasteiger partial charge in [-0.2, -0.15) is 13.2 Å². The fourth-order valence-corrected chi connectivity index (χ4v) is 1.62. The minimum atomic E-state index is -4.19. The molecule has 0 saturated heterocycles. The molecule has 0 aromatic heterocycles. The van der Waals surface area contributed by atoms with Gasteiger partial charge in [0.15, 0.2) is 0 Å². The van der Waals surface area contributed by atoms with Crippen LogP contribution >= 0.6 is 0 Å². The minimum absolute atomic E-state index is 0.310. The smallest absolute Gasteiger partial charge is 0.399 e. The van der Waals surface area contributed by atoms with Crippen molar-refractivity contribution < 1.29 is 13.2 Å². The predicted molar refractivity (Wildman–Crippen MR) is 59.5 cm³/mol. The first kappa shape index (κ1) is 12.7. The molecule has 0 radical (unpaired) electrons. The maximum atomic E-state index is 12.3. The lowest BCUT2D eigenvalue weighted by Gasteiger charge is -2.26. The molecule has 0 heterocycles. The Bertz CT molecular complexity index is 361. The van der Waals surface area contributed by atoms with Crippen molar-refractivity contribution in [3.8, 4) is 0 Å². The Morgan fingerprint density at radius 1 is 1.31 bits per heavy atom. The molecule has 2 N–H and O–H groups in total. The van der Waals surface area contributed by atoms with E-state index in [0.717, 1.165) is 5.56 Å². The first-order chi connectivity index (χ1) is 7.33. The maximum Gasteiger partial charge on any atom is 0.405 e. The van der Waals surface area contributed by atoms with Gasteiger partial charge in [0.1, 0.15) is 6.54 Å². The summed E-state index contributed by atoms with van der Waals surface area (Å²) in [6.07, 6.45) is -4.19. The largest absolute Gasteiger partial charge is 0.405 e. The van der Waals surface area contributed by atoms with E-state index >= 15 is 0 Å². The number of alkyl halides is 3. The first-order valence-corrected chi connectivity index (χ1v) is 5.01. The number of hydrogen-bond donors (Lipinski definition) is 1. The monoisotopic (exact) mass is 232 g/mol. The molecule has 1 rings (SSSR count). The minimum Gasteiger partial charge on any atom is -0.399 e. The number of nitrogens with two attached hydrogens (primary N) is 1. The molecule has 0 fully saturated rings. The SMILES string of the molecule is CCN(CC(F)(F)F)c1ccc(N)cc1C. The van der Waals surface area contributed by atoms with E-state index in [1.54, 1.807) is 32.0 Å². The average molecular weight is 232 g/mol. The van der Waals surface area contributed by atoms with Gasteiger partial charge in [-0.3, -0.25) is 0 Å². The number of aryl methyl sites for hydroxylation is 1. The van der Waals surface area contributed by atoms with Crippen LogP contribution in [0, 0.1) is 6.92 Å². The van der Waals surface area contributed by atoms with E-state index in [1.165, 1.54) is 4.90 Å². The van der Waals surface area contributed by atoms with Crippen LogP contribution in [0.1, 0.15) is 12.5 Å². The summed E-state index contributed by atoms with van der Waals surface area (Å²) in [6.45, 7) is 2.82. The fourth-order valence-electron chi connectivity index (χ4n) is 1.62. The normalized spacial score (nSPS) is 11.6. The summed E-state index contributed by atoms with van der Waals surface area (Å²) in [5.41, 5.74) is 7.45. The Morgan fingerprint density at radius 2 is 1.94 bits per heavy atom. The van der Waals surface area contributed by atoms with Gasteiger partial charge in [0.25, 0.3) is 0 Å². The Balaban J connectivity index is 2.95. The molecule has 0 aliphatic rings. The summed E-state index contributed by atoms with van der Waals surface area (Å²) < 4.78 is 37.0. The van der Waals surface area contributed by atoms with Gasteiger partial charge in [-0.1, -0.05) is 0 Å². The molecule has 0 aliphatic heterocycles. The second-order valence-electron chi connectivity index (χ2n) is 3.68. The second-order valence-corrected chi connectivity index (χ2v) is 3.68. The second kappa shape index (κ2) is 4.63. The van der Waals surface area contributed by atoms with Gasteiger partial charge in [-0.25, -0.2) is 0 Å². The van der Waals surface area contributed by atoms with E-state index in [2.05, 4.69) is 0 Å². The molecule has 0 unspecified atom stereocenters. The van der Waals surface area contributed by atoms with Crippen molar-refractivity contribution in [2.45, 2.75) is 20.0 Å². The summed E-state index contributed by atoms with van der Waals surface area (Å²) in [5.74, 6) is 0. The Hall–Kier alpha value is -1.39. The molecule has 1 aromatic rings. The highest BCUT2D eigenvalue weighted by molar-refractivity contribution is 5.59. The molecule has 0 saturated carbocycles. The van der Waals surface area contributed by atoms with Crippen molar-refractivity contribution in [3.63, 3.8) is 0 Å². The van der Waals surface area contributed by atoms with E-state index in [0.29, 0.717) is 17.9 Å². The highest BCUT2D eigenvalue weighted by atomic mass is 19.4. The number of benzene rings is 1. The molecular formula is C11H15F3N2. The summed E-state index contributed by atoms with van der Waals surface area (Å²) >= 11 is 0. The van der Waals surface area contributed by atoms with Gasteiger partial charge in [0.2, 0.25) is 0 Å². The van der Waals surface area contributed by atoms with E-state index in [-0.39, 0.29) is 0 Å². The molecular weight excluding hydrogens is 217 g/mol. The molecule has 0 atom stereocenters. The zero-order valence-corrected chi connectivity index (χ0v) is 9.30. The molecule has 0 aliphatic carbocycles. The number of rotatable bonds is 3. The van der Waals surface area contributed by atoms with E-state index in [1.807, 2.05) is 0 Å². The van der Waals surface area contributed by atoms with Crippen LogP contribution in [-0.4, -0.2) is 19.3 Å². The molecule has 5 heteroatoms. The van der Waals surface area contributed by atoms with Crippen molar-refractivity contribution in [2.75, 3.05) is 23.7 Å². The molecule has 1 aromatic carbocycles. The van der Waals surface area contributed by atoms with Crippen molar-refractivity contribution in [1.82, 2.24) is 0 Å². The first-order valence-electron chi connectivity index (χ1n) is 5.01. The highest BCUT2D eigenvalue weighted by Crippen LogP contribution is 2.26. The third-order valence-electron chi connectivity index (χ3n) is 2.31. The van der Waals surface area contributed by atoms with Crippen LogP contribution in [0.25, 0.3) is 0 Å². The molecule has 2 nitrogen and oxygen atoms in total. The number of hydrogen-bond acceptors (Lipinski definition) is 2. The molecule has 0 amide bonds. The standard InChI is InChI=1S/C11H15F3N2/c1-3-16(7-11(12,13)14)10-5-4-9(15)6-8(10)2/h4-6H,3,7,15H2,1-2H3. The fraction of sp³-hybridized carbons (Fsp3) is 0.455. The van der Waals surface area contributed by atoms with Crippen molar-refractivity contribution >= 4 is 11.4 Å². The number of nitrogens with zero attached hydrogens (tertiary/aromatic N) is 1. The van der Waals surface area contributed by atoms with Crippen LogP contribution in [0.4, 0.5) is 24.5 Å². The van der Waals surface area contributed by atoms with Crippen LogP contribution in [0.2, 0.25) is 0 Å². The van der Waals surface area contributed by atoms with Gasteiger partial charge in [-0.05, 0) is 37.6 Å². The van der Waals surface area contributed by atoms with Crippen molar-refractivity contribution in [2.24, 2.45) is 0 Å². The summed E-state index contributed by atoms with van der Waals surface area (Å²) in [5, 5.41) is 0. The average Bonchev–Trinajstić information content (AvgIpc) is 2.13. The van der Waals surface area contributed by atoms with Crippen molar-refractivity contribution in [1.29, 1.82) is 0 Å². The van der Waals surface area contributed by atoms with E-state index in [9.17, 15) is 13.2 Å². The Labute approximate surface area is 92.9 Å². The van der Waals surface area contributed by atoms with Crippen LogP contribution < -0.4 is 10.6 Å². The third kappa shape index (κ3) is 3.32. The molecule has 0 spiro atoms. The summed E-state index contributed by atoms with van der Waals surface area (Å²) in [7, 11) is 0. The third-order valence-corrected chi connectivity index (χ3v) is 2.31. The van der Waals surface area contributed by atoms with Crippen LogP contribution in [0.15, 0.2) is 18.2 Å². The van der Waals surface area contributed by atoms with Gasteiger partial charge in [-0.15, -0.1) is 0 Å². The van der Waals surface area contributed by atoms with E-state index in [4.69, 9.17) is 5.73 Å². The number of halogens is 3. The van der Waals surface area contributed by atoms with Crippen LogP contribution in [-0.2, 0) is 0 Å². The van der Waals surface area contributed by atoms with Gasteiger partial charge >= 0.3 is 6.18 Å². The molecule has 90 valence electrons. The topological polar surface area (TPSA) is 29.3 Å². The van der Waals surface area contributed by atoms with Crippen LogP contribution in [0.5, 0.6) is 0 Å². The van der Waals surface area contributed by atoms with Gasteiger partial charge in [0.05, 0.1) is 0 Å². The predicted octanol–water partition coefficient (Wildman–Crippen LogP) is 2.97. The van der Waals surface area contributed by atoms with Crippen LogP contribution in [0.3, 0.4) is 0 Å². The lowest BCUT2D eigenvalue weighted by Crippen LogP contribution is -2.34. The Kier molecular flexibility index (Phi) is 3.67. The van der Waals surface area contributed by atoms with Gasteiger partial charge in [0, 0.05) is 17.9 Å². The lowest BCUT2D eigenvalue weighted by atomic mass is 10.1. The zero-order valence-electron chi connectivity index (χ0n) is 9.30. The summed E-state index contributed by atoms with van der Waals surface area (Å²) in [6, 6.07) is 4.91.